The van der Waals surface area contributed by atoms with Gasteiger partial charge in [-0.3, -0.25) is 4.79 Å². The molecular formula is C28H32F3N3O2S. The SMILES string of the molecule is CCC(C)CN(CC(=O)N(Cc1ccccc1)Cc1ccc(C)s1)C(=O)Nc1cccc(C(F)(F)F)c1. The second-order valence-corrected chi connectivity index (χ2v) is 10.5. The number of carbonyl (C=O) groups is 2. The van der Waals surface area contributed by atoms with Gasteiger partial charge in [0.25, 0.3) is 0 Å². The van der Waals surface area contributed by atoms with Crippen molar-refractivity contribution in [3.8, 4) is 0 Å². The van der Waals surface area contributed by atoms with Crippen LogP contribution in [0.4, 0.5) is 23.7 Å². The lowest BCUT2D eigenvalue weighted by molar-refractivity contribution is -0.137. The molecule has 1 aromatic heterocycles. The summed E-state index contributed by atoms with van der Waals surface area (Å²) in [5, 5.41) is 2.55. The Morgan fingerprint density at radius 1 is 0.973 bits per heavy atom. The van der Waals surface area contributed by atoms with Gasteiger partial charge in [-0.05, 0) is 48.7 Å². The highest BCUT2D eigenvalue weighted by atomic mass is 32.1. The van der Waals surface area contributed by atoms with Crippen LogP contribution < -0.4 is 5.32 Å². The van der Waals surface area contributed by atoms with Crippen LogP contribution in [0.3, 0.4) is 0 Å². The first-order valence-corrected chi connectivity index (χ1v) is 13.0. The van der Waals surface area contributed by atoms with Gasteiger partial charge in [0, 0.05) is 28.5 Å². The number of nitrogens with zero attached hydrogens (tertiary/aromatic N) is 2. The second-order valence-electron chi connectivity index (χ2n) is 9.15. The molecule has 0 bridgehead atoms. The summed E-state index contributed by atoms with van der Waals surface area (Å²) in [7, 11) is 0. The fraction of sp³-hybridized carbons (Fsp3) is 0.357. The van der Waals surface area contributed by atoms with E-state index in [4.69, 9.17) is 0 Å². The molecule has 0 aliphatic rings. The molecule has 5 nitrogen and oxygen atoms in total. The van der Waals surface area contributed by atoms with Crippen molar-refractivity contribution in [1.29, 1.82) is 0 Å². The van der Waals surface area contributed by atoms with Gasteiger partial charge in [0.15, 0.2) is 0 Å². The fourth-order valence-corrected chi connectivity index (χ4v) is 4.66. The van der Waals surface area contributed by atoms with Crippen LogP contribution in [0.5, 0.6) is 0 Å². The number of aryl methyl sites for hydroxylation is 1. The van der Waals surface area contributed by atoms with Gasteiger partial charge in [-0.15, -0.1) is 11.3 Å². The van der Waals surface area contributed by atoms with Crippen molar-refractivity contribution in [1.82, 2.24) is 9.80 Å². The number of alkyl halides is 3. The predicted molar refractivity (Wildman–Crippen MR) is 141 cm³/mol. The second kappa shape index (κ2) is 12.8. The summed E-state index contributed by atoms with van der Waals surface area (Å²) < 4.78 is 39.4. The van der Waals surface area contributed by atoms with Gasteiger partial charge in [-0.25, -0.2) is 4.79 Å². The van der Waals surface area contributed by atoms with E-state index in [1.54, 1.807) is 16.2 Å². The maximum absolute atomic E-state index is 13.5. The molecule has 0 radical (unpaired) electrons. The minimum absolute atomic E-state index is 0.0247. The summed E-state index contributed by atoms with van der Waals surface area (Å²) in [6, 6.07) is 17.5. The number of rotatable bonds is 10. The number of hydrogen-bond acceptors (Lipinski definition) is 3. The zero-order valence-corrected chi connectivity index (χ0v) is 22.0. The summed E-state index contributed by atoms with van der Waals surface area (Å²) in [6.07, 6.45) is -3.74. The first kappa shape index (κ1) is 28.2. The average molecular weight is 532 g/mol. The number of carbonyl (C=O) groups excluding carboxylic acids is 2. The molecule has 0 aliphatic carbocycles. The lowest BCUT2D eigenvalue weighted by Crippen LogP contribution is -2.45. The van der Waals surface area contributed by atoms with Crippen molar-refractivity contribution in [2.24, 2.45) is 5.92 Å². The molecule has 3 rings (SSSR count). The molecule has 3 amide bonds. The van der Waals surface area contributed by atoms with Gasteiger partial charge in [0.2, 0.25) is 5.91 Å². The molecule has 1 atom stereocenters. The summed E-state index contributed by atoms with van der Waals surface area (Å²) in [5.74, 6) is -0.139. The minimum atomic E-state index is -4.52. The summed E-state index contributed by atoms with van der Waals surface area (Å²) in [6.45, 7) is 6.84. The highest BCUT2D eigenvalue weighted by Crippen LogP contribution is 2.30. The van der Waals surface area contributed by atoms with E-state index in [2.05, 4.69) is 5.32 Å². The number of halogens is 3. The fourth-order valence-electron chi connectivity index (χ4n) is 3.76. The third-order valence-electron chi connectivity index (χ3n) is 6.00. The third kappa shape index (κ3) is 8.63. The van der Waals surface area contributed by atoms with E-state index in [1.807, 2.05) is 63.2 Å². The zero-order chi connectivity index (χ0) is 27.0. The maximum Gasteiger partial charge on any atom is 0.416 e. The normalized spacial score (nSPS) is 12.2. The van der Waals surface area contributed by atoms with Gasteiger partial charge in [0.05, 0.1) is 12.1 Å². The molecule has 1 unspecified atom stereocenters. The lowest BCUT2D eigenvalue weighted by Gasteiger charge is -2.29. The topological polar surface area (TPSA) is 52.7 Å². The largest absolute Gasteiger partial charge is 0.416 e. The summed E-state index contributed by atoms with van der Waals surface area (Å²) >= 11 is 1.61. The van der Waals surface area contributed by atoms with Crippen LogP contribution in [0.25, 0.3) is 0 Å². The van der Waals surface area contributed by atoms with E-state index in [9.17, 15) is 22.8 Å². The van der Waals surface area contributed by atoms with Gasteiger partial charge in [-0.1, -0.05) is 56.7 Å². The van der Waals surface area contributed by atoms with Crippen molar-refractivity contribution in [2.75, 3.05) is 18.4 Å². The Bertz CT molecular complexity index is 1180. The summed E-state index contributed by atoms with van der Waals surface area (Å²) in [5.41, 5.74) is 0.137. The monoisotopic (exact) mass is 531 g/mol. The maximum atomic E-state index is 13.5. The van der Waals surface area contributed by atoms with Crippen LogP contribution >= 0.6 is 11.3 Å². The van der Waals surface area contributed by atoms with E-state index in [0.29, 0.717) is 19.6 Å². The zero-order valence-electron chi connectivity index (χ0n) is 21.2. The van der Waals surface area contributed by atoms with E-state index in [-0.39, 0.29) is 24.1 Å². The Kier molecular flexibility index (Phi) is 9.74. The number of benzene rings is 2. The molecule has 0 saturated carbocycles. The third-order valence-corrected chi connectivity index (χ3v) is 6.98. The first-order chi connectivity index (χ1) is 17.5. The van der Waals surface area contributed by atoms with E-state index < -0.39 is 17.8 Å². The highest BCUT2D eigenvalue weighted by molar-refractivity contribution is 7.11. The number of amides is 3. The van der Waals surface area contributed by atoms with E-state index in [1.165, 1.54) is 17.0 Å². The van der Waals surface area contributed by atoms with Crippen LogP contribution in [0.15, 0.2) is 66.7 Å². The van der Waals surface area contributed by atoms with Crippen LogP contribution in [-0.2, 0) is 24.1 Å². The average Bonchev–Trinajstić information content (AvgIpc) is 3.27. The Balaban J connectivity index is 1.80. The molecule has 9 heteroatoms. The van der Waals surface area contributed by atoms with E-state index >= 15 is 0 Å². The number of hydrogen-bond donors (Lipinski definition) is 1. The molecule has 0 saturated heterocycles. The molecule has 1 heterocycles. The van der Waals surface area contributed by atoms with Crippen molar-refractivity contribution in [3.63, 3.8) is 0 Å². The predicted octanol–water partition coefficient (Wildman–Crippen LogP) is 7.18. The number of urea groups is 1. The molecule has 198 valence electrons. The number of nitrogens with one attached hydrogen (secondary N) is 1. The standard InChI is InChI=1S/C28H32F3N3O2S/c1-4-20(2)16-34(27(36)32-24-12-8-11-23(15-24)28(29,30)31)19-26(35)33(17-22-9-6-5-7-10-22)18-25-14-13-21(3)37-25/h5-15,20H,4,16-19H2,1-3H3,(H,32,36). The first-order valence-electron chi connectivity index (χ1n) is 12.1. The molecule has 1 N–H and O–H groups in total. The molecule has 0 spiro atoms. The molecule has 3 aromatic rings. The van der Waals surface area contributed by atoms with Gasteiger partial charge in [-0.2, -0.15) is 13.2 Å². The highest BCUT2D eigenvalue weighted by Gasteiger charge is 2.31. The van der Waals surface area contributed by atoms with E-state index in [0.717, 1.165) is 33.9 Å². The van der Waals surface area contributed by atoms with Gasteiger partial charge >= 0.3 is 12.2 Å². The van der Waals surface area contributed by atoms with Gasteiger partial charge < -0.3 is 15.1 Å². The van der Waals surface area contributed by atoms with Crippen molar-refractivity contribution in [3.05, 3.63) is 87.6 Å². The number of thiophene rings is 1. The molecule has 37 heavy (non-hydrogen) atoms. The molecular weight excluding hydrogens is 499 g/mol. The lowest BCUT2D eigenvalue weighted by atomic mass is 10.1. The molecule has 2 aromatic carbocycles. The number of anilines is 1. The van der Waals surface area contributed by atoms with Crippen molar-refractivity contribution < 1.29 is 22.8 Å². The summed E-state index contributed by atoms with van der Waals surface area (Å²) in [4.78, 5) is 32.0. The van der Waals surface area contributed by atoms with Crippen LogP contribution in [0.1, 0.15) is 41.1 Å². The van der Waals surface area contributed by atoms with Crippen molar-refractivity contribution in [2.45, 2.75) is 46.5 Å². The molecule has 0 aliphatic heterocycles. The Morgan fingerprint density at radius 3 is 2.32 bits per heavy atom. The van der Waals surface area contributed by atoms with Crippen LogP contribution in [0, 0.1) is 12.8 Å². The Hall–Kier alpha value is -3.33. The van der Waals surface area contributed by atoms with Crippen LogP contribution in [-0.4, -0.2) is 34.8 Å². The smallest absolute Gasteiger partial charge is 0.332 e. The Labute approximate surface area is 219 Å². The molecule has 0 fully saturated rings. The van der Waals surface area contributed by atoms with Crippen molar-refractivity contribution >= 4 is 29.0 Å². The van der Waals surface area contributed by atoms with Gasteiger partial charge in [0.1, 0.15) is 6.54 Å². The van der Waals surface area contributed by atoms with Crippen LogP contribution in [0.2, 0.25) is 0 Å². The Morgan fingerprint density at radius 2 is 1.70 bits per heavy atom. The minimum Gasteiger partial charge on any atom is -0.332 e. The quantitative estimate of drug-likeness (QED) is 0.301.